The van der Waals surface area contributed by atoms with Gasteiger partial charge in [-0.25, -0.2) is 8.78 Å². The molecule has 2 aliphatic carbocycles. The van der Waals surface area contributed by atoms with E-state index in [0.29, 0.717) is 34.2 Å². The molecule has 7 heteroatoms. The highest BCUT2D eigenvalue weighted by atomic mass is 19.1. The molecule has 1 aromatic carbocycles. The molecule has 0 bridgehead atoms. The number of carbonyl (C=O) groups excluding carboxylic acids is 1. The number of Topliss-reactive ketones (excluding diaryl/α,β-unsaturated/α-hetero) is 1. The fourth-order valence-electron chi connectivity index (χ4n) is 4.02. The zero-order chi connectivity index (χ0) is 21.0. The van der Waals surface area contributed by atoms with Crippen molar-refractivity contribution in [2.45, 2.75) is 0 Å². The predicted molar refractivity (Wildman–Crippen MR) is 102 cm³/mol. The van der Waals surface area contributed by atoms with Crippen molar-refractivity contribution in [3.8, 4) is 23.5 Å². The van der Waals surface area contributed by atoms with Crippen molar-refractivity contribution in [2.75, 3.05) is 0 Å². The summed E-state index contributed by atoms with van der Waals surface area (Å²) in [5.41, 5.74) is 1.58. The SMILES string of the molecule is N#CC(C#N)=C1C(=C2c3cccnc3-c3ncccc32)C(=O)c2c(F)cc(F)cc21. The number of allylic oxidation sites excluding steroid dienone is 3. The Bertz CT molecular complexity index is 1390. The monoisotopic (exact) mass is 394 g/mol. The molecule has 0 N–H and O–H groups in total. The first-order chi connectivity index (χ1) is 14.6. The van der Waals surface area contributed by atoms with Crippen LogP contribution in [0.25, 0.3) is 22.5 Å². The number of ketones is 1. The first-order valence-corrected chi connectivity index (χ1v) is 8.81. The highest BCUT2D eigenvalue weighted by molar-refractivity contribution is 6.33. The molecular formula is C23H8F2N4O. The summed E-state index contributed by atoms with van der Waals surface area (Å²) in [5.74, 6) is -2.68. The number of pyridine rings is 2. The molecule has 0 saturated heterocycles. The van der Waals surface area contributed by atoms with Crippen molar-refractivity contribution in [1.82, 2.24) is 9.97 Å². The zero-order valence-corrected chi connectivity index (χ0v) is 15.1. The van der Waals surface area contributed by atoms with E-state index >= 15 is 0 Å². The molecule has 0 fully saturated rings. The minimum atomic E-state index is -1.05. The predicted octanol–water partition coefficient (Wildman–Crippen LogP) is 4.23. The van der Waals surface area contributed by atoms with E-state index in [9.17, 15) is 24.1 Å². The maximum Gasteiger partial charge on any atom is 0.197 e. The molecule has 3 aromatic rings. The number of fused-ring (bicyclic) bond motifs is 4. The van der Waals surface area contributed by atoms with E-state index in [4.69, 9.17) is 0 Å². The van der Waals surface area contributed by atoms with Gasteiger partial charge in [0.2, 0.25) is 0 Å². The van der Waals surface area contributed by atoms with E-state index in [1.54, 1.807) is 48.8 Å². The van der Waals surface area contributed by atoms with E-state index in [1.165, 1.54) is 0 Å². The van der Waals surface area contributed by atoms with E-state index < -0.39 is 23.0 Å². The Morgan fingerprint density at radius 1 is 0.867 bits per heavy atom. The third-order valence-electron chi connectivity index (χ3n) is 5.13. The van der Waals surface area contributed by atoms with Crippen LogP contribution in [0.5, 0.6) is 0 Å². The second-order valence-corrected chi connectivity index (χ2v) is 6.66. The van der Waals surface area contributed by atoms with Crippen LogP contribution in [0, 0.1) is 34.3 Å². The highest BCUT2D eigenvalue weighted by Gasteiger charge is 2.41. The molecule has 0 aliphatic heterocycles. The average Bonchev–Trinajstić information content (AvgIpc) is 3.21. The summed E-state index contributed by atoms with van der Waals surface area (Å²) < 4.78 is 28.6. The second kappa shape index (κ2) is 6.26. The molecule has 2 aliphatic rings. The van der Waals surface area contributed by atoms with E-state index in [2.05, 4.69) is 9.97 Å². The van der Waals surface area contributed by atoms with Crippen molar-refractivity contribution in [1.29, 1.82) is 10.5 Å². The number of carbonyl (C=O) groups is 1. The Morgan fingerprint density at radius 2 is 1.47 bits per heavy atom. The molecule has 2 aromatic heterocycles. The van der Waals surface area contributed by atoms with Crippen LogP contribution in [0.3, 0.4) is 0 Å². The van der Waals surface area contributed by atoms with Crippen LogP contribution in [0.15, 0.2) is 59.9 Å². The summed E-state index contributed by atoms with van der Waals surface area (Å²) in [4.78, 5) is 22.1. The summed E-state index contributed by atoms with van der Waals surface area (Å²) in [6.45, 7) is 0. The Kier molecular flexibility index (Phi) is 3.67. The van der Waals surface area contributed by atoms with Crippen LogP contribution in [0.4, 0.5) is 8.78 Å². The van der Waals surface area contributed by atoms with Crippen molar-refractivity contribution in [3.63, 3.8) is 0 Å². The van der Waals surface area contributed by atoms with E-state index in [0.717, 1.165) is 6.07 Å². The smallest absolute Gasteiger partial charge is 0.197 e. The Hall–Kier alpha value is -4.49. The number of halogens is 2. The van der Waals surface area contributed by atoms with Crippen molar-refractivity contribution >= 4 is 16.9 Å². The van der Waals surface area contributed by atoms with Crippen molar-refractivity contribution in [2.24, 2.45) is 0 Å². The summed E-state index contributed by atoms with van der Waals surface area (Å²) in [7, 11) is 0. The van der Waals surface area contributed by atoms with Gasteiger partial charge in [-0.1, -0.05) is 12.1 Å². The first-order valence-electron chi connectivity index (χ1n) is 8.81. The Morgan fingerprint density at radius 3 is 2.03 bits per heavy atom. The number of nitriles is 2. The first kappa shape index (κ1) is 17.6. The Balaban J connectivity index is 1.99. The fourth-order valence-corrected chi connectivity index (χ4v) is 4.02. The lowest BCUT2D eigenvalue weighted by Gasteiger charge is -2.09. The van der Waals surface area contributed by atoms with Gasteiger partial charge in [0, 0.05) is 51.9 Å². The highest BCUT2D eigenvalue weighted by Crippen LogP contribution is 2.50. The molecule has 30 heavy (non-hydrogen) atoms. The van der Waals surface area contributed by atoms with Crippen LogP contribution in [0.2, 0.25) is 0 Å². The third-order valence-corrected chi connectivity index (χ3v) is 5.13. The van der Waals surface area contributed by atoms with Gasteiger partial charge in [0.15, 0.2) is 5.78 Å². The molecule has 0 unspecified atom stereocenters. The van der Waals surface area contributed by atoms with Crippen molar-refractivity contribution in [3.05, 3.63) is 93.8 Å². The van der Waals surface area contributed by atoms with Gasteiger partial charge in [-0.05, 0) is 18.2 Å². The summed E-state index contributed by atoms with van der Waals surface area (Å²) >= 11 is 0. The maximum atomic E-state index is 14.6. The van der Waals surface area contributed by atoms with E-state index in [1.807, 2.05) is 0 Å². The second-order valence-electron chi connectivity index (χ2n) is 6.66. The number of aromatic nitrogens is 2. The molecule has 0 atom stereocenters. The Labute approximate surface area is 168 Å². The third kappa shape index (κ3) is 2.20. The minimum Gasteiger partial charge on any atom is -0.288 e. The van der Waals surface area contributed by atoms with Crippen LogP contribution >= 0.6 is 0 Å². The fraction of sp³-hybridized carbons (Fsp3) is 0. The molecule has 0 radical (unpaired) electrons. The van der Waals surface area contributed by atoms with Crippen LogP contribution in [-0.2, 0) is 0 Å². The number of rotatable bonds is 0. The zero-order valence-electron chi connectivity index (χ0n) is 15.1. The summed E-state index contributed by atoms with van der Waals surface area (Å²) in [5, 5.41) is 19.0. The molecule has 0 spiro atoms. The lowest BCUT2D eigenvalue weighted by Crippen LogP contribution is -2.02. The van der Waals surface area contributed by atoms with Gasteiger partial charge in [-0.2, -0.15) is 10.5 Å². The van der Waals surface area contributed by atoms with Gasteiger partial charge in [-0.3, -0.25) is 14.8 Å². The number of hydrogen-bond acceptors (Lipinski definition) is 5. The van der Waals surface area contributed by atoms with Crippen LogP contribution < -0.4 is 0 Å². The van der Waals surface area contributed by atoms with Gasteiger partial charge < -0.3 is 0 Å². The number of benzene rings is 1. The molecule has 0 saturated carbocycles. The van der Waals surface area contributed by atoms with Crippen molar-refractivity contribution < 1.29 is 13.6 Å². The van der Waals surface area contributed by atoms with Crippen LogP contribution in [-0.4, -0.2) is 15.8 Å². The quantitative estimate of drug-likeness (QED) is 0.329. The minimum absolute atomic E-state index is 0.0337. The summed E-state index contributed by atoms with van der Waals surface area (Å²) in [6.07, 6.45) is 3.16. The largest absolute Gasteiger partial charge is 0.288 e. The normalized spacial score (nSPS) is 13.5. The standard InChI is InChI=1S/C23H8F2N4O/c24-12-7-15-17(11(9-26)10-27)20(23(30)19(15)16(25)8-12)18-13-3-1-5-28-21(13)22-14(18)4-2-6-29-22/h1-8H. The molecule has 5 rings (SSSR count). The lowest BCUT2D eigenvalue weighted by atomic mass is 9.91. The van der Waals surface area contributed by atoms with Gasteiger partial charge in [-0.15, -0.1) is 0 Å². The van der Waals surface area contributed by atoms with Gasteiger partial charge in [0.05, 0.1) is 17.0 Å². The molecule has 140 valence electrons. The number of nitrogens with zero attached hydrogens (tertiary/aromatic N) is 4. The summed E-state index contributed by atoms with van der Waals surface area (Å²) in [6, 6.07) is 11.9. The molecule has 2 heterocycles. The van der Waals surface area contributed by atoms with Gasteiger partial charge in [0.1, 0.15) is 29.3 Å². The van der Waals surface area contributed by atoms with E-state index in [-0.39, 0.29) is 22.3 Å². The molecular weight excluding hydrogens is 386 g/mol. The lowest BCUT2D eigenvalue weighted by molar-refractivity contribution is 0.104. The molecule has 5 nitrogen and oxygen atoms in total. The van der Waals surface area contributed by atoms with Gasteiger partial charge in [0.25, 0.3) is 0 Å². The molecule has 0 amide bonds. The topological polar surface area (TPSA) is 90.4 Å². The maximum absolute atomic E-state index is 14.6. The van der Waals surface area contributed by atoms with Crippen LogP contribution in [0.1, 0.15) is 27.0 Å². The van der Waals surface area contributed by atoms with Gasteiger partial charge >= 0.3 is 0 Å². The number of hydrogen-bond donors (Lipinski definition) is 0. The average molecular weight is 394 g/mol.